The number of nitrogens with zero attached hydrogens (tertiary/aromatic N) is 1. The van der Waals surface area contributed by atoms with Crippen molar-refractivity contribution in [2.24, 2.45) is 0 Å². The first-order valence-corrected chi connectivity index (χ1v) is 5.06. The molecular weight excluding hydrogens is 204 g/mol. The first-order valence-electron chi connectivity index (χ1n) is 5.06. The van der Waals surface area contributed by atoms with Crippen molar-refractivity contribution in [2.75, 3.05) is 11.9 Å². The zero-order valence-electron chi connectivity index (χ0n) is 9.36. The third-order valence-electron chi connectivity index (χ3n) is 1.84. The number of rotatable bonds is 4. The molecular formula is C12H14N2O2. The van der Waals surface area contributed by atoms with Crippen LogP contribution in [0.15, 0.2) is 24.3 Å². The number of para-hydroxylation sites is 1. The molecule has 0 atom stereocenters. The van der Waals surface area contributed by atoms with Crippen molar-refractivity contribution >= 4 is 11.7 Å². The largest absolute Gasteiger partial charge is 0.462 e. The molecule has 0 unspecified atom stereocenters. The van der Waals surface area contributed by atoms with Gasteiger partial charge in [0.15, 0.2) is 0 Å². The first kappa shape index (κ1) is 12.1. The van der Waals surface area contributed by atoms with Crippen molar-refractivity contribution in [3.63, 3.8) is 0 Å². The predicted molar refractivity (Wildman–Crippen MR) is 60.9 cm³/mol. The summed E-state index contributed by atoms with van der Waals surface area (Å²) in [5, 5.41) is 11.7. The Morgan fingerprint density at radius 3 is 2.81 bits per heavy atom. The van der Waals surface area contributed by atoms with Gasteiger partial charge in [0.05, 0.1) is 17.4 Å². The Labute approximate surface area is 94.8 Å². The zero-order chi connectivity index (χ0) is 12.0. The van der Waals surface area contributed by atoms with Gasteiger partial charge in [0, 0.05) is 0 Å². The van der Waals surface area contributed by atoms with Gasteiger partial charge in [-0.05, 0) is 26.0 Å². The standard InChI is InChI=1S/C12H14N2O2/c1-9(2)16-12(15)8-14-11-6-4-3-5-10(11)7-13/h3-6,9,14H,8H2,1-2H3. The molecule has 0 saturated heterocycles. The number of carbonyl (C=O) groups excluding carboxylic acids is 1. The SMILES string of the molecule is CC(C)OC(=O)CNc1ccccc1C#N. The molecule has 1 N–H and O–H groups in total. The van der Waals surface area contributed by atoms with Crippen LogP contribution < -0.4 is 5.32 Å². The summed E-state index contributed by atoms with van der Waals surface area (Å²) in [5.41, 5.74) is 1.16. The molecule has 0 radical (unpaired) electrons. The van der Waals surface area contributed by atoms with E-state index in [2.05, 4.69) is 5.32 Å². The van der Waals surface area contributed by atoms with Crippen LogP contribution in [0.4, 0.5) is 5.69 Å². The molecule has 4 heteroatoms. The predicted octanol–water partition coefficient (Wildman–Crippen LogP) is 1.92. The average Bonchev–Trinajstić information content (AvgIpc) is 2.26. The quantitative estimate of drug-likeness (QED) is 0.784. The van der Waals surface area contributed by atoms with Crippen molar-refractivity contribution in [1.29, 1.82) is 5.26 Å². The van der Waals surface area contributed by atoms with Gasteiger partial charge in [-0.1, -0.05) is 12.1 Å². The maximum atomic E-state index is 11.3. The molecule has 16 heavy (non-hydrogen) atoms. The Hall–Kier alpha value is -2.02. The molecule has 0 spiro atoms. The minimum atomic E-state index is -0.331. The van der Waals surface area contributed by atoms with E-state index in [1.54, 1.807) is 38.1 Å². The molecule has 1 aromatic carbocycles. The summed E-state index contributed by atoms with van der Waals surface area (Å²) in [4.78, 5) is 11.3. The lowest BCUT2D eigenvalue weighted by Crippen LogP contribution is -2.20. The third kappa shape index (κ3) is 3.62. The number of esters is 1. The van der Waals surface area contributed by atoms with Crippen LogP contribution >= 0.6 is 0 Å². The lowest BCUT2D eigenvalue weighted by Gasteiger charge is -2.10. The number of benzene rings is 1. The van der Waals surface area contributed by atoms with E-state index in [4.69, 9.17) is 10.00 Å². The molecule has 84 valence electrons. The lowest BCUT2D eigenvalue weighted by atomic mass is 10.2. The van der Waals surface area contributed by atoms with E-state index in [0.717, 1.165) is 0 Å². The molecule has 0 bridgehead atoms. The van der Waals surface area contributed by atoms with Crippen molar-refractivity contribution in [2.45, 2.75) is 20.0 Å². The molecule has 0 aliphatic carbocycles. The fraction of sp³-hybridized carbons (Fsp3) is 0.333. The van der Waals surface area contributed by atoms with Gasteiger partial charge in [-0.3, -0.25) is 4.79 Å². The fourth-order valence-corrected chi connectivity index (χ4v) is 1.21. The van der Waals surface area contributed by atoms with Crippen molar-refractivity contribution in [3.05, 3.63) is 29.8 Å². The minimum absolute atomic E-state index is 0.0663. The van der Waals surface area contributed by atoms with Crippen LogP contribution in [0, 0.1) is 11.3 Å². The molecule has 1 aromatic rings. The molecule has 0 aromatic heterocycles. The van der Waals surface area contributed by atoms with Crippen LogP contribution in [-0.4, -0.2) is 18.6 Å². The average molecular weight is 218 g/mol. The third-order valence-corrected chi connectivity index (χ3v) is 1.84. The van der Waals surface area contributed by atoms with E-state index in [1.165, 1.54) is 0 Å². The summed E-state index contributed by atoms with van der Waals surface area (Å²) in [6, 6.07) is 9.06. The van der Waals surface area contributed by atoms with Crippen LogP contribution in [0.2, 0.25) is 0 Å². The topological polar surface area (TPSA) is 62.1 Å². The number of hydrogen-bond acceptors (Lipinski definition) is 4. The number of ether oxygens (including phenoxy) is 1. The van der Waals surface area contributed by atoms with Crippen molar-refractivity contribution in [3.8, 4) is 6.07 Å². The monoisotopic (exact) mass is 218 g/mol. The Morgan fingerprint density at radius 1 is 1.50 bits per heavy atom. The number of anilines is 1. The number of nitrogens with one attached hydrogen (secondary N) is 1. The van der Waals surface area contributed by atoms with Crippen LogP contribution in [-0.2, 0) is 9.53 Å². The summed E-state index contributed by atoms with van der Waals surface area (Å²) in [7, 11) is 0. The van der Waals surface area contributed by atoms with E-state index in [0.29, 0.717) is 11.3 Å². The van der Waals surface area contributed by atoms with Gasteiger partial charge in [0.2, 0.25) is 0 Å². The highest BCUT2D eigenvalue weighted by Gasteiger charge is 2.06. The molecule has 0 aliphatic rings. The van der Waals surface area contributed by atoms with Gasteiger partial charge >= 0.3 is 5.97 Å². The second-order valence-corrected chi connectivity index (χ2v) is 3.55. The summed E-state index contributed by atoms with van der Waals surface area (Å²) in [6.45, 7) is 3.65. The normalized spacial score (nSPS) is 9.62. The highest BCUT2D eigenvalue weighted by molar-refractivity contribution is 5.76. The maximum Gasteiger partial charge on any atom is 0.325 e. The molecule has 0 heterocycles. The summed E-state index contributed by atoms with van der Waals surface area (Å²) >= 11 is 0. The second-order valence-electron chi connectivity index (χ2n) is 3.55. The molecule has 0 aliphatic heterocycles. The van der Waals surface area contributed by atoms with Gasteiger partial charge in [0.25, 0.3) is 0 Å². The van der Waals surface area contributed by atoms with Crippen LogP contribution in [0.1, 0.15) is 19.4 Å². The Bertz CT molecular complexity index is 408. The zero-order valence-corrected chi connectivity index (χ0v) is 9.36. The van der Waals surface area contributed by atoms with Crippen LogP contribution in [0.25, 0.3) is 0 Å². The molecule has 4 nitrogen and oxygen atoms in total. The minimum Gasteiger partial charge on any atom is -0.462 e. The highest BCUT2D eigenvalue weighted by atomic mass is 16.5. The lowest BCUT2D eigenvalue weighted by molar-refractivity contribution is -0.145. The van der Waals surface area contributed by atoms with E-state index in [-0.39, 0.29) is 18.6 Å². The summed E-state index contributed by atoms with van der Waals surface area (Å²) < 4.78 is 4.96. The van der Waals surface area contributed by atoms with Gasteiger partial charge in [0.1, 0.15) is 12.6 Å². The smallest absolute Gasteiger partial charge is 0.325 e. The summed E-state index contributed by atoms with van der Waals surface area (Å²) in [6.07, 6.45) is -0.125. The van der Waals surface area contributed by atoms with Gasteiger partial charge in [-0.15, -0.1) is 0 Å². The number of carbonyl (C=O) groups is 1. The maximum absolute atomic E-state index is 11.3. The number of hydrogen-bond donors (Lipinski definition) is 1. The summed E-state index contributed by atoms with van der Waals surface area (Å²) in [5.74, 6) is -0.331. The number of nitriles is 1. The van der Waals surface area contributed by atoms with Crippen LogP contribution in [0.3, 0.4) is 0 Å². The van der Waals surface area contributed by atoms with E-state index < -0.39 is 0 Å². The van der Waals surface area contributed by atoms with E-state index >= 15 is 0 Å². The van der Waals surface area contributed by atoms with Crippen molar-refractivity contribution < 1.29 is 9.53 Å². The van der Waals surface area contributed by atoms with E-state index in [9.17, 15) is 4.79 Å². The van der Waals surface area contributed by atoms with E-state index in [1.807, 2.05) is 6.07 Å². The second kappa shape index (κ2) is 5.76. The molecule has 0 saturated carbocycles. The van der Waals surface area contributed by atoms with Gasteiger partial charge in [-0.25, -0.2) is 0 Å². The van der Waals surface area contributed by atoms with Gasteiger partial charge < -0.3 is 10.1 Å². The molecule has 0 fully saturated rings. The fourth-order valence-electron chi connectivity index (χ4n) is 1.21. The van der Waals surface area contributed by atoms with Crippen LogP contribution in [0.5, 0.6) is 0 Å². The molecule has 1 rings (SSSR count). The first-order chi connectivity index (χ1) is 7.63. The Balaban J connectivity index is 2.55. The Morgan fingerprint density at radius 2 is 2.19 bits per heavy atom. The van der Waals surface area contributed by atoms with Crippen molar-refractivity contribution in [1.82, 2.24) is 0 Å². The van der Waals surface area contributed by atoms with Gasteiger partial charge in [-0.2, -0.15) is 5.26 Å². The molecule has 0 amide bonds. The Kier molecular flexibility index (Phi) is 4.34. The highest BCUT2D eigenvalue weighted by Crippen LogP contribution is 2.12.